The Balaban J connectivity index is 1.65. The van der Waals surface area contributed by atoms with E-state index in [1.165, 1.54) is 64.8 Å². The molecule has 19 heteroatoms. The van der Waals surface area contributed by atoms with Crippen LogP contribution in [0, 0.1) is 0 Å². The van der Waals surface area contributed by atoms with Crippen molar-refractivity contribution in [3.63, 3.8) is 0 Å². The van der Waals surface area contributed by atoms with Gasteiger partial charge in [-0.15, -0.1) is 0 Å². The molecule has 0 spiro atoms. The van der Waals surface area contributed by atoms with E-state index in [1.807, 2.05) is 0 Å². The van der Waals surface area contributed by atoms with E-state index in [1.54, 1.807) is 0 Å². The Morgan fingerprint density at radius 3 is 1.27 bits per heavy atom. The van der Waals surface area contributed by atoms with E-state index < -0.39 is 72.8 Å². The molecular formula is C30H26N2O14S3. The van der Waals surface area contributed by atoms with Gasteiger partial charge < -0.3 is 29.6 Å². The van der Waals surface area contributed by atoms with Crippen molar-refractivity contribution in [3.8, 4) is 34.1 Å². The Morgan fingerprint density at radius 2 is 0.959 bits per heavy atom. The molecule has 0 aliphatic carbocycles. The number of fused-ring (bicyclic) bond motifs is 3. The number of amides is 2. The number of ether oxygens (including phenoxy) is 4. The van der Waals surface area contributed by atoms with Crippen LogP contribution in [-0.2, 0) is 30.1 Å². The van der Waals surface area contributed by atoms with Gasteiger partial charge in [0, 0.05) is 23.3 Å². The number of rotatable bonds is 10. The van der Waals surface area contributed by atoms with Crippen molar-refractivity contribution >= 4 is 53.3 Å². The highest BCUT2D eigenvalue weighted by Gasteiger charge is 2.38. The minimum atomic E-state index is -5.16. The number of methoxy groups -OCH3 is 4. The van der Waals surface area contributed by atoms with Gasteiger partial charge in [0.2, 0.25) is 9.84 Å². The molecule has 258 valence electrons. The molecule has 4 aromatic carbocycles. The summed E-state index contributed by atoms with van der Waals surface area (Å²) < 4.78 is 118. The second-order valence-corrected chi connectivity index (χ2v) is 14.8. The Kier molecular flexibility index (Phi) is 9.08. The lowest BCUT2D eigenvalue weighted by Crippen LogP contribution is -2.16. The molecule has 0 aromatic heterocycles. The molecule has 0 bridgehead atoms. The lowest BCUT2D eigenvalue weighted by Gasteiger charge is -2.14. The number of sulfone groups is 1. The van der Waals surface area contributed by atoms with Crippen LogP contribution < -0.4 is 29.6 Å². The smallest absolute Gasteiger partial charge is 0.296 e. The zero-order valence-electron chi connectivity index (χ0n) is 25.8. The van der Waals surface area contributed by atoms with Crippen molar-refractivity contribution in [3.05, 3.63) is 71.8 Å². The molecule has 0 unspecified atom stereocenters. The molecule has 0 fully saturated rings. The molecule has 4 N–H and O–H groups in total. The summed E-state index contributed by atoms with van der Waals surface area (Å²) in [7, 11) is -9.65. The monoisotopic (exact) mass is 734 g/mol. The van der Waals surface area contributed by atoms with Crippen molar-refractivity contribution in [1.29, 1.82) is 0 Å². The molecule has 16 nitrogen and oxygen atoms in total. The van der Waals surface area contributed by atoms with Gasteiger partial charge in [0.25, 0.3) is 32.1 Å². The summed E-state index contributed by atoms with van der Waals surface area (Å²) in [6.07, 6.45) is 0. The number of nitrogens with one attached hydrogen (secondary N) is 2. The third-order valence-corrected chi connectivity index (χ3v) is 11.0. The number of carbonyl (C=O) groups excluding carboxylic acids is 2. The quantitative estimate of drug-likeness (QED) is 0.150. The summed E-state index contributed by atoms with van der Waals surface area (Å²) in [5, 5.41) is 4.55. The largest absolute Gasteiger partial charge is 0.497 e. The summed E-state index contributed by atoms with van der Waals surface area (Å²) in [6, 6.07) is 11.2. The fourth-order valence-corrected chi connectivity index (χ4v) is 8.09. The highest BCUT2D eigenvalue weighted by molar-refractivity contribution is 7.92. The first-order chi connectivity index (χ1) is 22.9. The van der Waals surface area contributed by atoms with E-state index in [4.69, 9.17) is 18.9 Å². The average Bonchev–Trinajstić information content (AvgIpc) is 3.26. The third kappa shape index (κ3) is 6.48. The van der Waals surface area contributed by atoms with E-state index in [9.17, 15) is 43.9 Å². The maximum Gasteiger partial charge on any atom is 0.296 e. The minimum Gasteiger partial charge on any atom is -0.497 e. The molecule has 0 atom stereocenters. The van der Waals surface area contributed by atoms with Crippen LogP contribution in [0.3, 0.4) is 0 Å². The lowest BCUT2D eigenvalue weighted by molar-refractivity contribution is 0.101. The van der Waals surface area contributed by atoms with Crippen molar-refractivity contribution in [2.24, 2.45) is 0 Å². The highest BCUT2D eigenvalue weighted by atomic mass is 32.2. The van der Waals surface area contributed by atoms with Crippen molar-refractivity contribution in [2.45, 2.75) is 19.6 Å². The zero-order valence-corrected chi connectivity index (χ0v) is 28.2. The first-order valence-corrected chi connectivity index (χ1v) is 17.9. The summed E-state index contributed by atoms with van der Waals surface area (Å²) in [5.74, 6) is -1.21. The number of carbonyl (C=O) groups is 2. The van der Waals surface area contributed by atoms with Crippen LogP contribution in [0.15, 0.2) is 80.2 Å². The van der Waals surface area contributed by atoms with Gasteiger partial charge in [0.1, 0.15) is 32.8 Å². The van der Waals surface area contributed by atoms with Crippen molar-refractivity contribution in [2.75, 3.05) is 39.1 Å². The molecule has 0 radical (unpaired) electrons. The Morgan fingerprint density at radius 1 is 0.592 bits per heavy atom. The Labute approximate surface area is 280 Å². The SMILES string of the molecule is COc1ccc(C(=O)Nc2cc3c(cc2S(=O)(=O)O)-c2cc(S(=O)(=O)O)c(NC(=O)c4ccc(OC)cc4OC)cc2S3(=O)=O)c(OC)c1. The first-order valence-electron chi connectivity index (χ1n) is 13.6. The zero-order chi connectivity index (χ0) is 36.1. The molecule has 1 aliphatic heterocycles. The van der Waals surface area contributed by atoms with Crippen LogP contribution >= 0.6 is 0 Å². The van der Waals surface area contributed by atoms with Gasteiger partial charge in [-0.2, -0.15) is 16.8 Å². The van der Waals surface area contributed by atoms with Crippen molar-refractivity contribution < 1.29 is 62.9 Å². The normalized spacial score (nSPS) is 13.1. The molecule has 4 aromatic rings. The maximum absolute atomic E-state index is 13.8. The molecule has 49 heavy (non-hydrogen) atoms. The predicted octanol–water partition coefficient (Wildman–Crippen LogP) is 3.53. The van der Waals surface area contributed by atoms with Crippen LogP contribution in [0.4, 0.5) is 11.4 Å². The fraction of sp³-hybridized carbons (Fsp3) is 0.133. The number of hydrogen-bond donors (Lipinski definition) is 4. The lowest BCUT2D eigenvalue weighted by atomic mass is 10.0. The molecule has 0 saturated heterocycles. The summed E-state index contributed by atoms with van der Waals surface area (Å²) in [6.45, 7) is 0. The van der Waals surface area contributed by atoms with E-state index in [0.717, 1.165) is 24.3 Å². The minimum absolute atomic E-state index is 0.0195. The average molecular weight is 735 g/mol. The summed E-state index contributed by atoms with van der Waals surface area (Å²) in [4.78, 5) is 23.4. The highest BCUT2D eigenvalue weighted by Crippen LogP contribution is 2.48. The van der Waals surface area contributed by atoms with Crippen molar-refractivity contribution in [1.82, 2.24) is 0 Å². The van der Waals surface area contributed by atoms with E-state index in [-0.39, 0.29) is 33.8 Å². The van der Waals surface area contributed by atoms with E-state index in [0.29, 0.717) is 11.5 Å². The maximum atomic E-state index is 13.8. The van der Waals surface area contributed by atoms with Gasteiger partial charge in [-0.05, 0) is 48.5 Å². The Hall–Kier alpha value is -5.21. The van der Waals surface area contributed by atoms with Gasteiger partial charge in [-0.25, -0.2) is 8.42 Å². The summed E-state index contributed by atoms with van der Waals surface area (Å²) in [5.41, 5.74) is -2.28. The number of benzene rings is 4. The van der Waals surface area contributed by atoms with Crippen LogP contribution in [0.25, 0.3) is 11.1 Å². The van der Waals surface area contributed by atoms with E-state index >= 15 is 0 Å². The molecular weight excluding hydrogens is 709 g/mol. The van der Waals surface area contributed by atoms with Crippen LogP contribution in [0.5, 0.6) is 23.0 Å². The van der Waals surface area contributed by atoms with Gasteiger partial charge >= 0.3 is 0 Å². The van der Waals surface area contributed by atoms with Crippen LogP contribution in [0.2, 0.25) is 0 Å². The molecule has 1 aliphatic rings. The van der Waals surface area contributed by atoms with Gasteiger partial charge in [0.15, 0.2) is 0 Å². The summed E-state index contributed by atoms with van der Waals surface area (Å²) >= 11 is 0. The van der Waals surface area contributed by atoms with Gasteiger partial charge in [0.05, 0.1) is 60.7 Å². The van der Waals surface area contributed by atoms with Crippen LogP contribution in [0.1, 0.15) is 20.7 Å². The predicted molar refractivity (Wildman–Crippen MR) is 172 cm³/mol. The molecule has 0 saturated carbocycles. The second kappa shape index (κ2) is 12.7. The van der Waals surface area contributed by atoms with Gasteiger partial charge in [-0.3, -0.25) is 18.7 Å². The van der Waals surface area contributed by atoms with Gasteiger partial charge in [-0.1, -0.05) is 0 Å². The van der Waals surface area contributed by atoms with E-state index in [2.05, 4.69) is 10.6 Å². The number of anilines is 2. The molecule has 2 amide bonds. The second-order valence-electron chi connectivity index (χ2n) is 10.2. The fourth-order valence-electron chi connectivity index (χ4n) is 5.08. The molecule has 1 heterocycles. The molecule has 5 rings (SSSR count). The standard InChI is InChI=1S/C30H26N2O14S3/c1-43-15-5-7-17(23(9-15)45-3)29(33)31-21-13-25-19(11-27(21)48(37,38)39)20-12-28(49(40,41)42)22(14-26(20)47(25,35)36)32-30(34)18-8-6-16(44-2)10-24(18)46-4/h5-14H,1-4H3,(H,31,33)(H,32,34)(H,37,38,39)(H,40,41,42). The first kappa shape index (κ1) is 35.1. The number of hydrogen-bond acceptors (Lipinski definition) is 12. The third-order valence-electron chi connectivity index (χ3n) is 7.39. The topological polar surface area (TPSA) is 238 Å². The Bertz CT molecular complexity index is 2230. The van der Waals surface area contributed by atoms with Crippen LogP contribution in [-0.4, -0.2) is 74.6 Å².